The minimum Gasteiger partial charge on any atom is -0.488 e. The van der Waals surface area contributed by atoms with Crippen LogP contribution in [0.15, 0.2) is 47.0 Å². The molecule has 2 atom stereocenters. The number of methoxy groups -OCH3 is 1. The molecule has 3 aliphatic heterocycles. The number of halogens is 1. The van der Waals surface area contributed by atoms with Gasteiger partial charge in [-0.25, -0.2) is 4.39 Å². The van der Waals surface area contributed by atoms with E-state index in [0.29, 0.717) is 58.1 Å². The van der Waals surface area contributed by atoms with Gasteiger partial charge in [0.15, 0.2) is 17.3 Å². The topological polar surface area (TPSA) is 106 Å². The highest BCUT2D eigenvalue weighted by atomic mass is 19.1. The number of hydrogen-bond acceptors (Lipinski definition) is 8. The number of rotatable bonds is 8. The number of amides is 1. The van der Waals surface area contributed by atoms with Gasteiger partial charge in [0.25, 0.3) is 5.91 Å². The number of benzene rings is 2. The van der Waals surface area contributed by atoms with Crippen LogP contribution in [0.5, 0.6) is 5.75 Å². The lowest BCUT2D eigenvalue weighted by molar-refractivity contribution is -0.0598. The van der Waals surface area contributed by atoms with Gasteiger partial charge in [0, 0.05) is 61.9 Å². The lowest BCUT2D eigenvalue weighted by Gasteiger charge is -2.35. The Balaban J connectivity index is 1.02. The third kappa shape index (κ3) is 4.53. The molecule has 11 heteroatoms. The summed E-state index contributed by atoms with van der Waals surface area (Å²) in [5, 5.41) is 12.0. The number of aromatic nitrogens is 3. The molecule has 0 radical (unpaired) electrons. The van der Waals surface area contributed by atoms with E-state index in [0.717, 1.165) is 45.0 Å². The molecule has 0 unspecified atom stereocenters. The average molecular weight is 548 g/mol. The second-order valence-corrected chi connectivity index (χ2v) is 10.8. The Labute approximate surface area is 230 Å². The normalized spacial score (nSPS) is 21.2. The molecular formula is C29H30FN5O5. The Morgan fingerprint density at radius 2 is 1.85 bits per heavy atom. The fourth-order valence-corrected chi connectivity index (χ4v) is 5.97. The third-order valence-electron chi connectivity index (χ3n) is 8.27. The molecule has 3 fully saturated rings. The summed E-state index contributed by atoms with van der Waals surface area (Å²) >= 11 is 0. The van der Waals surface area contributed by atoms with Gasteiger partial charge in [-0.3, -0.25) is 14.8 Å². The molecular weight excluding hydrogens is 517 g/mol. The summed E-state index contributed by atoms with van der Waals surface area (Å²) in [7, 11) is 1.56. The first-order valence-corrected chi connectivity index (χ1v) is 13.6. The van der Waals surface area contributed by atoms with Gasteiger partial charge in [0.2, 0.25) is 0 Å². The van der Waals surface area contributed by atoms with Gasteiger partial charge in [-0.05, 0) is 30.0 Å². The summed E-state index contributed by atoms with van der Waals surface area (Å²) in [5.41, 5.74) is 3.13. The van der Waals surface area contributed by atoms with Crippen molar-refractivity contribution < 1.29 is 27.9 Å². The smallest absolute Gasteiger partial charge is 0.253 e. The summed E-state index contributed by atoms with van der Waals surface area (Å²) in [5.74, 6) is 1.17. The van der Waals surface area contributed by atoms with Crippen molar-refractivity contribution in [2.45, 2.75) is 6.04 Å². The van der Waals surface area contributed by atoms with Crippen molar-refractivity contribution >= 4 is 16.8 Å². The Morgan fingerprint density at radius 3 is 2.55 bits per heavy atom. The van der Waals surface area contributed by atoms with Gasteiger partial charge in [0.05, 0.1) is 31.4 Å². The van der Waals surface area contributed by atoms with Crippen LogP contribution < -0.4 is 4.74 Å². The van der Waals surface area contributed by atoms with Crippen LogP contribution in [0.2, 0.25) is 0 Å². The monoisotopic (exact) mass is 547 g/mol. The van der Waals surface area contributed by atoms with Gasteiger partial charge in [-0.15, -0.1) is 0 Å². The fraction of sp³-hybridized carbons (Fsp3) is 0.414. The van der Waals surface area contributed by atoms with Gasteiger partial charge in [-0.2, -0.15) is 5.10 Å². The van der Waals surface area contributed by atoms with Crippen molar-refractivity contribution in [1.82, 2.24) is 25.2 Å². The summed E-state index contributed by atoms with van der Waals surface area (Å²) in [4.78, 5) is 17.7. The average Bonchev–Trinajstić information content (AvgIpc) is 3.71. The van der Waals surface area contributed by atoms with E-state index < -0.39 is 5.82 Å². The Hall–Kier alpha value is -3.80. The molecule has 2 aromatic heterocycles. The summed E-state index contributed by atoms with van der Waals surface area (Å²) in [6.07, 6.45) is 0. The number of likely N-dealkylation sites (tertiary alicyclic amines) is 2. The van der Waals surface area contributed by atoms with Crippen LogP contribution in [0.4, 0.5) is 4.39 Å². The molecule has 208 valence electrons. The molecule has 1 amide bonds. The van der Waals surface area contributed by atoms with E-state index in [4.69, 9.17) is 18.7 Å². The predicted octanol–water partition coefficient (Wildman–Crippen LogP) is 3.45. The lowest BCUT2D eigenvalue weighted by Crippen LogP contribution is -2.49. The minimum atomic E-state index is -0.502. The zero-order valence-electron chi connectivity index (χ0n) is 22.1. The highest BCUT2D eigenvalue weighted by molar-refractivity contribution is 5.95. The first-order chi connectivity index (χ1) is 19.6. The molecule has 4 aromatic rings. The van der Waals surface area contributed by atoms with Crippen molar-refractivity contribution in [3.63, 3.8) is 0 Å². The molecule has 0 spiro atoms. The number of ether oxygens (including phenoxy) is 3. The molecule has 0 aliphatic carbocycles. The van der Waals surface area contributed by atoms with Crippen molar-refractivity contribution in [2.24, 2.45) is 11.8 Å². The van der Waals surface area contributed by atoms with E-state index in [2.05, 4.69) is 20.3 Å². The largest absolute Gasteiger partial charge is 0.488 e. The molecule has 3 aliphatic rings. The second kappa shape index (κ2) is 10.3. The second-order valence-electron chi connectivity index (χ2n) is 10.8. The number of nitrogens with one attached hydrogen (secondary N) is 1. The van der Waals surface area contributed by atoms with Gasteiger partial charge >= 0.3 is 0 Å². The van der Waals surface area contributed by atoms with Crippen molar-refractivity contribution in [1.29, 1.82) is 0 Å². The zero-order valence-corrected chi connectivity index (χ0v) is 22.1. The van der Waals surface area contributed by atoms with E-state index in [1.807, 2.05) is 29.2 Å². The molecule has 40 heavy (non-hydrogen) atoms. The SMILES string of the molecule is COCCOc1cc2[nH]nc(-c3cc(-c4ccc(C(=O)N5C[C@@H]6CN(C7COC7)C[C@@H]6C5)cc4)no3)c2cc1F. The molecule has 10 nitrogen and oxygen atoms in total. The van der Waals surface area contributed by atoms with Crippen molar-refractivity contribution in [3.05, 3.63) is 53.8 Å². The molecule has 3 saturated heterocycles. The number of aromatic amines is 1. The number of fused-ring (bicyclic) bond motifs is 2. The number of carbonyl (C=O) groups is 1. The molecule has 0 saturated carbocycles. The zero-order chi connectivity index (χ0) is 27.2. The van der Waals surface area contributed by atoms with Crippen LogP contribution in [0.3, 0.4) is 0 Å². The molecule has 7 rings (SSSR count). The molecule has 5 heterocycles. The maximum atomic E-state index is 14.6. The summed E-state index contributed by atoms with van der Waals surface area (Å²) in [6.45, 7) is 5.99. The highest BCUT2D eigenvalue weighted by Crippen LogP contribution is 2.35. The van der Waals surface area contributed by atoms with Crippen LogP contribution in [0.1, 0.15) is 10.4 Å². The molecule has 1 N–H and O–H groups in total. The molecule has 0 bridgehead atoms. The highest BCUT2D eigenvalue weighted by Gasteiger charge is 2.44. The Bertz CT molecular complexity index is 1520. The number of carbonyl (C=O) groups excluding carboxylic acids is 1. The quantitative estimate of drug-likeness (QED) is 0.335. The van der Waals surface area contributed by atoms with E-state index in [-0.39, 0.29) is 18.3 Å². The van der Waals surface area contributed by atoms with Gasteiger partial charge < -0.3 is 23.6 Å². The number of H-pyrrole nitrogens is 1. The van der Waals surface area contributed by atoms with Crippen LogP contribution >= 0.6 is 0 Å². The number of hydrogen-bond donors (Lipinski definition) is 1. The van der Waals surface area contributed by atoms with E-state index in [1.165, 1.54) is 6.07 Å². The predicted molar refractivity (Wildman–Crippen MR) is 143 cm³/mol. The van der Waals surface area contributed by atoms with Gasteiger partial charge in [0.1, 0.15) is 18.0 Å². The van der Waals surface area contributed by atoms with Crippen LogP contribution in [0, 0.1) is 17.7 Å². The van der Waals surface area contributed by atoms with Crippen LogP contribution in [0.25, 0.3) is 33.6 Å². The fourth-order valence-electron chi connectivity index (χ4n) is 5.97. The van der Waals surface area contributed by atoms with Crippen molar-refractivity contribution in [3.8, 4) is 28.5 Å². The Kier molecular flexibility index (Phi) is 6.49. The van der Waals surface area contributed by atoms with E-state index in [1.54, 1.807) is 19.2 Å². The van der Waals surface area contributed by atoms with Crippen LogP contribution in [-0.4, -0.2) is 96.8 Å². The standard InChI is InChI=1S/C29H30FN5O5/c1-37-6-7-39-26-10-25-22(8-23(26)30)28(32-31-25)27-9-24(33-40-27)17-2-4-18(5-3-17)29(36)35-13-19-11-34(12-20(19)14-35)21-15-38-16-21/h2-5,8-10,19-21H,6-7,11-16H2,1H3,(H,31,32)/t19-,20+. The first-order valence-electron chi connectivity index (χ1n) is 13.6. The first kappa shape index (κ1) is 25.2. The summed E-state index contributed by atoms with van der Waals surface area (Å²) < 4.78 is 36.0. The Morgan fingerprint density at radius 1 is 1.07 bits per heavy atom. The van der Waals surface area contributed by atoms with E-state index in [9.17, 15) is 9.18 Å². The number of nitrogens with zero attached hydrogens (tertiary/aromatic N) is 4. The maximum absolute atomic E-state index is 14.6. The van der Waals surface area contributed by atoms with Crippen molar-refractivity contribution in [2.75, 3.05) is 59.7 Å². The van der Waals surface area contributed by atoms with Gasteiger partial charge in [-0.1, -0.05) is 17.3 Å². The van der Waals surface area contributed by atoms with Crippen LogP contribution in [-0.2, 0) is 9.47 Å². The molecule has 2 aromatic carbocycles. The lowest BCUT2D eigenvalue weighted by atomic mass is 10.0. The summed E-state index contributed by atoms with van der Waals surface area (Å²) in [6, 6.07) is 12.7. The maximum Gasteiger partial charge on any atom is 0.253 e. The van der Waals surface area contributed by atoms with E-state index >= 15 is 0 Å². The minimum absolute atomic E-state index is 0.0657. The third-order valence-corrected chi connectivity index (χ3v) is 8.27.